The molecule has 1 N–H and O–H groups in total. The van der Waals surface area contributed by atoms with Gasteiger partial charge in [-0.05, 0) is 42.5 Å². The van der Waals surface area contributed by atoms with Crippen LogP contribution in [-0.4, -0.2) is 51.3 Å². The molecule has 3 aromatic carbocycles. The normalized spacial score (nSPS) is 12.5. The molecule has 7 rings (SSSR count). The van der Waals surface area contributed by atoms with E-state index in [-0.39, 0.29) is 29.3 Å². The van der Waals surface area contributed by atoms with Gasteiger partial charge >= 0.3 is 0 Å². The molecule has 0 radical (unpaired) electrons. The number of amides is 1. The zero-order valence-electron chi connectivity index (χ0n) is 24.7. The molecule has 0 saturated heterocycles. The van der Waals surface area contributed by atoms with Crippen LogP contribution in [0, 0.1) is 5.82 Å². The van der Waals surface area contributed by atoms with Crippen molar-refractivity contribution in [3.05, 3.63) is 84.2 Å². The summed E-state index contributed by atoms with van der Waals surface area (Å²) in [5.74, 6) is 0.177. The Balaban J connectivity index is 1.54. The molecule has 0 spiro atoms. The van der Waals surface area contributed by atoms with E-state index in [1.165, 1.54) is 45.5 Å². The number of sulfonamides is 1. The Kier molecular flexibility index (Phi) is 6.55. The molecule has 0 aliphatic carbocycles. The van der Waals surface area contributed by atoms with Crippen LogP contribution in [0.5, 0.6) is 11.5 Å². The molecule has 0 bridgehead atoms. The Labute approximate surface area is 257 Å². The van der Waals surface area contributed by atoms with Crippen LogP contribution in [0.15, 0.2) is 77.2 Å². The van der Waals surface area contributed by atoms with E-state index in [1.54, 1.807) is 18.2 Å². The van der Waals surface area contributed by atoms with Gasteiger partial charge in [0.25, 0.3) is 5.91 Å². The summed E-state index contributed by atoms with van der Waals surface area (Å²) in [5.41, 5.74) is 4.24. The van der Waals surface area contributed by atoms with Crippen molar-refractivity contribution in [2.24, 2.45) is 0 Å². The Morgan fingerprint density at radius 3 is 2.53 bits per heavy atom. The van der Waals surface area contributed by atoms with Gasteiger partial charge < -0.3 is 23.8 Å². The summed E-state index contributed by atoms with van der Waals surface area (Å²) in [7, 11) is 0.647. The maximum atomic E-state index is 13.8. The first-order chi connectivity index (χ1) is 21.6. The average Bonchev–Trinajstić information content (AvgIpc) is 3.61. The zero-order valence-corrected chi connectivity index (χ0v) is 25.5. The number of fused-ring (bicyclic) bond motifs is 6. The average molecular weight is 627 g/mol. The van der Waals surface area contributed by atoms with E-state index in [1.807, 2.05) is 34.9 Å². The number of hydrogen-bond donors (Lipinski definition) is 1. The number of halogens is 1. The summed E-state index contributed by atoms with van der Waals surface area (Å²) in [6, 6.07) is 20.5. The minimum atomic E-state index is -3.77. The van der Waals surface area contributed by atoms with Crippen LogP contribution in [0.1, 0.15) is 10.4 Å². The fourth-order valence-electron chi connectivity index (χ4n) is 5.72. The quantitative estimate of drug-likeness (QED) is 0.240. The lowest BCUT2D eigenvalue weighted by atomic mass is 10.00. The number of furan rings is 1. The molecule has 12 heteroatoms. The van der Waals surface area contributed by atoms with Crippen molar-refractivity contribution in [3.63, 3.8) is 0 Å². The molecule has 10 nitrogen and oxygen atoms in total. The Hall–Kier alpha value is -5.36. The predicted octanol–water partition coefficient (Wildman–Crippen LogP) is 6.04. The third-order valence-electron chi connectivity index (χ3n) is 8.03. The van der Waals surface area contributed by atoms with Gasteiger partial charge in [-0.2, -0.15) is 0 Å². The summed E-state index contributed by atoms with van der Waals surface area (Å²) in [6.07, 6.45) is 1.09. The summed E-state index contributed by atoms with van der Waals surface area (Å²) in [6.45, 7) is 0.282. The highest BCUT2D eigenvalue weighted by Gasteiger charge is 2.30. The highest BCUT2D eigenvalue weighted by Crippen LogP contribution is 2.46. The molecule has 0 fully saturated rings. The van der Waals surface area contributed by atoms with Gasteiger partial charge in [-0.25, -0.2) is 17.8 Å². The van der Waals surface area contributed by atoms with E-state index >= 15 is 0 Å². The van der Waals surface area contributed by atoms with Crippen LogP contribution >= 0.6 is 0 Å². The number of carbonyl (C=O) groups is 1. The molecule has 0 unspecified atom stereocenters. The second-order valence-electron chi connectivity index (χ2n) is 10.7. The number of pyridine rings is 1. The first kappa shape index (κ1) is 28.4. The van der Waals surface area contributed by atoms with E-state index in [2.05, 4.69) is 5.32 Å². The van der Waals surface area contributed by atoms with Crippen LogP contribution in [0.25, 0.3) is 55.8 Å². The number of ether oxygens (including phenoxy) is 2. The van der Waals surface area contributed by atoms with E-state index in [4.69, 9.17) is 18.9 Å². The van der Waals surface area contributed by atoms with Gasteiger partial charge in [0.05, 0.1) is 35.8 Å². The topological polar surface area (TPSA) is 116 Å². The number of carbonyl (C=O) groups excluding carboxylic acids is 1. The molecule has 3 aromatic heterocycles. The van der Waals surface area contributed by atoms with Crippen molar-refractivity contribution in [1.29, 1.82) is 0 Å². The SMILES string of the molecule is CNC(=O)c1c(-c2ccc(F)cc2)oc2cc(N(C)S(C)(=O)=O)c(-c3nc4c(cc3OC)OCn3c-4cc4ccccc43)cc12. The Bertz CT molecular complexity index is 2280. The van der Waals surface area contributed by atoms with E-state index in [9.17, 15) is 17.6 Å². The van der Waals surface area contributed by atoms with Gasteiger partial charge in [-0.15, -0.1) is 0 Å². The predicted molar refractivity (Wildman–Crippen MR) is 170 cm³/mol. The maximum Gasteiger partial charge on any atom is 0.255 e. The molecule has 1 aliphatic rings. The van der Waals surface area contributed by atoms with E-state index in [0.717, 1.165) is 27.2 Å². The van der Waals surface area contributed by atoms with Crippen LogP contribution in [0.3, 0.4) is 0 Å². The zero-order chi connectivity index (χ0) is 31.6. The molecule has 1 amide bonds. The lowest BCUT2D eigenvalue weighted by molar-refractivity contribution is 0.0964. The first-order valence-corrected chi connectivity index (χ1v) is 15.8. The monoisotopic (exact) mass is 626 g/mol. The molecule has 0 saturated carbocycles. The van der Waals surface area contributed by atoms with Crippen molar-refractivity contribution >= 4 is 43.5 Å². The number of benzene rings is 3. The van der Waals surface area contributed by atoms with Gasteiger partial charge in [0.2, 0.25) is 10.0 Å². The molecular weight excluding hydrogens is 599 g/mol. The minimum Gasteiger partial charge on any atom is -0.494 e. The number of nitrogens with one attached hydrogen (secondary N) is 1. The molecule has 4 heterocycles. The number of aromatic nitrogens is 2. The van der Waals surface area contributed by atoms with Gasteiger partial charge in [0, 0.05) is 48.1 Å². The third-order valence-corrected chi connectivity index (χ3v) is 9.23. The highest BCUT2D eigenvalue weighted by atomic mass is 32.2. The molecule has 1 aliphatic heterocycles. The van der Waals surface area contributed by atoms with Crippen LogP contribution < -0.4 is 19.1 Å². The molecule has 6 aromatic rings. The second kappa shape index (κ2) is 10.4. The first-order valence-electron chi connectivity index (χ1n) is 13.9. The van der Waals surface area contributed by atoms with Crippen molar-refractivity contribution < 1.29 is 31.5 Å². The number of para-hydroxylation sites is 1. The van der Waals surface area contributed by atoms with Crippen molar-refractivity contribution in [2.75, 3.05) is 31.8 Å². The fourth-order valence-corrected chi connectivity index (χ4v) is 6.22. The minimum absolute atomic E-state index is 0.203. The fraction of sp³-hybridized carbons (Fsp3) is 0.152. The van der Waals surface area contributed by atoms with Crippen LogP contribution in [-0.2, 0) is 16.8 Å². The molecule has 0 atom stereocenters. The number of anilines is 1. The standard InChI is InChI=1S/C33H27FN4O6S/c1-35-33(39)29-22-14-21(24(37(2)45(4,40)41)15-26(22)44-32(29)18-9-11-20(34)12-10-18)30-27(42-3)16-28-31(36-30)25-13-19-7-5-6-8-23(19)38(25)17-43-28/h5-16H,17H2,1-4H3,(H,35,39). The second-order valence-corrected chi connectivity index (χ2v) is 12.7. The third kappa shape index (κ3) is 4.56. The van der Waals surface area contributed by atoms with Crippen LogP contribution in [0.4, 0.5) is 10.1 Å². The highest BCUT2D eigenvalue weighted by molar-refractivity contribution is 7.92. The van der Waals surface area contributed by atoms with Crippen molar-refractivity contribution in [1.82, 2.24) is 14.9 Å². The Morgan fingerprint density at radius 2 is 1.82 bits per heavy atom. The van der Waals surface area contributed by atoms with Crippen LogP contribution in [0.2, 0.25) is 0 Å². The Morgan fingerprint density at radius 1 is 1.07 bits per heavy atom. The van der Waals surface area contributed by atoms with E-state index < -0.39 is 21.7 Å². The summed E-state index contributed by atoms with van der Waals surface area (Å²) >= 11 is 0. The van der Waals surface area contributed by atoms with Gasteiger partial charge in [0.1, 0.15) is 34.3 Å². The number of methoxy groups -OCH3 is 1. The lowest BCUT2D eigenvalue weighted by Gasteiger charge is -2.24. The number of hydrogen-bond acceptors (Lipinski definition) is 7. The lowest BCUT2D eigenvalue weighted by Crippen LogP contribution is -2.25. The molecule has 228 valence electrons. The van der Waals surface area contributed by atoms with Crippen molar-refractivity contribution in [2.45, 2.75) is 6.73 Å². The smallest absolute Gasteiger partial charge is 0.255 e. The summed E-state index contributed by atoms with van der Waals surface area (Å²) < 4.78 is 60.8. The number of nitrogens with zero attached hydrogens (tertiary/aromatic N) is 3. The van der Waals surface area contributed by atoms with Gasteiger partial charge in [0.15, 0.2) is 12.5 Å². The summed E-state index contributed by atoms with van der Waals surface area (Å²) in [4.78, 5) is 18.3. The largest absolute Gasteiger partial charge is 0.494 e. The van der Waals surface area contributed by atoms with Crippen molar-refractivity contribution in [3.8, 4) is 45.5 Å². The van der Waals surface area contributed by atoms with Gasteiger partial charge in [-0.1, -0.05) is 18.2 Å². The van der Waals surface area contributed by atoms with E-state index in [0.29, 0.717) is 39.4 Å². The number of rotatable bonds is 6. The summed E-state index contributed by atoms with van der Waals surface area (Å²) in [5, 5.41) is 4.07. The van der Waals surface area contributed by atoms with Gasteiger partial charge in [-0.3, -0.25) is 9.10 Å². The molecule has 45 heavy (non-hydrogen) atoms. The molecular formula is C33H27FN4O6S. The maximum absolute atomic E-state index is 13.8.